The zero-order chi connectivity index (χ0) is 19.1. The van der Waals surface area contributed by atoms with Crippen molar-refractivity contribution in [3.8, 4) is 0 Å². The van der Waals surface area contributed by atoms with E-state index in [1.54, 1.807) is 35.9 Å². The van der Waals surface area contributed by atoms with Crippen LogP contribution < -0.4 is 0 Å². The van der Waals surface area contributed by atoms with Crippen molar-refractivity contribution in [1.29, 1.82) is 0 Å². The third-order valence-corrected chi connectivity index (χ3v) is 5.74. The molecular weight excluding hydrogens is 440 g/mol. The SMILES string of the molecule is O=C(c1ccc(Br)o1)N1N=C(c2ccsc2)C[C@@H]1c1ccc2nccnc2c1. The highest BCUT2D eigenvalue weighted by Crippen LogP contribution is 2.35. The topological polar surface area (TPSA) is 71.6 Å². The van der Waals surface area contributed by atoms with Gasteiger partial charge in [-0.1, -0.05) is 6.07 Å². The number of fused-ring (bicyclic) bond motifs is 1. The highest BCUT2D eigenvalue weighted by Gasteiger charge is 2.35. The van der Waals surface area contributed by atoms with Crippen molar-refractivity contribution >= 4 is 49.9 Å². The summed E-state index contributed by atoms with van der Waals surface area (Å²) in [4.78, 5) is 21.8. The van der Waals surface area contributed by atoms with Gasteiger partial charge >= 0.3 is 5.91 Å². The number of nitrogens with zero attached hydrogens (tertiary/aromatic N) is 4. The molecule has 0 radical (unpaired) electrons. The fourth-order valence-corrected chi connectivity index (χ4v) is 4.26. The quantitative estimate of drug-likeness (QED) is 0.436. The van der Waals surface area contributed by atoms with Crippen LogP contribution in [-0.2, 0) is 0 Å². The first-order valence-corrected chi connectivity index (χ1v) is 10.3. The third-order valence-electron chi connectivity index (χ3n) is 4.63. The maximum atomic E-state index is 13.1. The Kier molecular flexibility index (Phi) is 4.29. The number of halogens is 1. The van der Waals surface area contributed by atoms with Crippen LogP contribution in [0.15, 0.2) is 73.7 Å². The van der Waals surface area contributed by atoms with Gasteiger partial charge in [-0.3, -0.25) is 14.8 Å². The summed E-state index contributed by atoms with van der Waals surface area (Å²) in [7, 11) is 0. The Labute approximate surface area is 172 Å². The normalized spacial score (nSPS) is 16.5. The van der Waals surface area contributed by atoms with E-state index < -0.39 is 0 Å². The highest BCUT2D eigenvalue weighted by molar-refractivity contribution is 9.10. The molecule has 0 bridgehead atoms. The number of thiophene rings is 1. The van der Waals surface area contributed by atoms with E-state index in [4.69, 9.17) is 4.42 Å². The Morgan fingerprint density at radius 3 is 2.75 bits per heavy atom. The van der Waals surface area contributed by atoms with Crippen molar-refractivity contribution in [3.63, 3.8) is 0 Å². The summed E-state index contributed by atoms with van der Waals surface area (Å²) >= 11 is 4.86. The summed E-state index contributed by atoms with van der Waals surface area (Å²) in [6.45, 7) is 0. The van der Waals surface area contributed by atoms with Crippen molar-refractivity contribution < 1.29 is 9.21 Å². The second kappa shape index (κ2) is 6.96. The van der Waals surface area contributed by atoms with E-state index in [0.29, 0.717) is 11.1 Å². The fraction of sp³-hybridized carbons (Fsp3) is 0.100. The molecule has 0 N–H and O–H groups in total. The lowest BCUT2D eigenvalue weighted by molar-refractivity contribution is 0.0677. The average molecular weight is 453 g/mol. The van der Waals surface area contributed by atoms with E-state index in [-0.39, 0.29) is 17.7 Å². The molecule has 138 valence electrons. The van der Waals surface area contributed by atoms with Gasteiger partial charge in [0, 0.05) is 24.4 Å². The van der Waals surface area contributed by atoms with Crippen LogP contribution in [0.25, 0.3) is 11.0 Å². The van der Waals surface area contributed by atoms with E-state index >= 15 is 0 Å². The lowest BCUT2D eigenvalue weighted by Crippen LogP contribution is -2.26. The van der Waals surface area contributed by atoms with Gasteiger partial charge in [-0.05, 0) is 62.6 Å². The maximum Gasteiger partial charge on any atom is 0.310 e. The van der Waals surface area contributed by atoms with E-state index in [2.05, 4.69) is 31.0 Å². The number of hydrogen-bond donors (Lipinski definition) is 0. The zero-order valence-corrected chi connectivity index (χ0v) is 16.9. The van der Waals surface area contributed by atoms with Gasteiger partial charge in [0.25, 0.3) is 0 Å². The Hall–Kier alpha value is -2.84. The number of rotatable bonds is 3. The molecule has 0 spiro atoms. The van der Waals surface area contributed by atoms with Crippen LogP contribution >= 0.6 is 27.3 Å². The van der Waals surface area contributed by atoms with E-state index in [9.17, 15) is 4.79 Å². The molecule has 4 aromatic rings. The summed E-state index contributed by atoms with van der Waals surface area (Å²) in [6.07, 6.45) is 3.95. The third kappa shape index (κ3) is 3.04. The molecular formula is C20H13BrN4O2S. The van der Waals surface area contributed by atoms with Gasteiger partial charge in [0.15, 0.2) is 10.4 Å². The molecule has 0 aliphatic carbocycles. The Morgan fingerprint density at radius 2 is 2.00 bits per heavy atom. The molecule has 1 aliphatic heterocycles. The molecule has 0 saturated carbocycles. The standard InChI is InChI=1S/C20H13BrN4O2S/c21-19-4-3-18(27-19)20(26)25-17(10-15(24-25)13-5-8-28-11-13)12-1-2-14-16(9-12)23-7-6-22-14/h1-9,11,17H,10H2/t17-/m1/s1. The lowest BCUT2D eigenvalue weighted by atomic mass is 9.99. The molecule has 5 rings (SSSR count). The van der Waals surface area contributed by atoms with Gasteiger partial charge in [-0.2, -0.15) is 16.4 Å². The number of amides is 1. The van der Waals surface area contributed by atoms with Crippen molar-refractivity contribution in [2.24, 2.45) is 5.10 Å². The van der Waals surface area contributed by atoms with Crippen LogP contribution in [0.3, 0.4) is 0 Å². The van der Waals surface area contributed by atoms with Gasteiger partial charge < -0.3 is 4.42 Å². The number of furan rings is 1. The predicted octanol–water partition coefficient (Wildman–Crippen LogP) is 5.04. The lowest BCUT2D eigenvalue weighted by Gasteiger charge is -2.21. The molecule has 28 heavy (non-hydrogen) atoms. The number of hydrogen-bond acceptors (Lipinski definition) is 6. The first kappa shape index (κ1) is 17.3. The van der Waals surface area contributed by atoms with Gasteiger partial charge in [0.05, 0.1) is 22.8 Å². The molecule has 6 nitrogen and oxygen atoms in total. The van der Waals surface area contributed by atoms with Gasteiger partial charge in [0.1, 0.15) is 0 Å². The number of carbonyl (C=O) groups is 1. The van der Waals surface area contributed by atoms with Crippen LogP contribution in [0.5, 0.6) is 0 Å². The summed E-state index contributed by atoms with van der Waals surface area (Å²) in [5.74, 6) is -0.0343. The second-order valence-corrected chi connectivity index (χ2v) is 7.90. The van der Waals surface area contributed by atoms with E-state index in [1.165, 1.54) is 5.01 Å². The van der Waals surface area contributed by atoms with Gasteiger partial charge in [-0.15, -0.1) is 0 Å². The van der Waals surface area contributed by atoms with Crippen molar-refractivity contribution in [2.75, 3.05) is 0 Å². The monoisotopic (exact) mass is 452 g/mol. The number of carbonyl (C=O) groups excluding carboxylic acids is 1. The molecule has 3 aromatic heterocycles. The summed E-state index contributed by atoms with van der Waals surface area (Å²) in [5, 5.41) is 10.2. The molecule has 1 aliphatic rings. The van der Waals surface area contributed by atoms with Crippen LogP contribution in [-0.4, -0.2) is 26.6 Å². The minimum absolute atomic E-state index is 0.238. The van der Waals surface area contributed by atoms with Crippen LogP contribution in [0.2, 0.25) is 0 Å². The van der Waals surface area contributed by atoms with Crippen LogP contribution in [0, 0.1) is 0 Å². The Morgan fingerprint density at radius 1 is 1.14 bits per heavy atom. The fourth-order valence-electron chi connectivity index (χ4n) is 3.29. The second-order valence-electron chi connectivity index (χ2n) is 6.34. The van der Waals surface area contributed by atoms with Gasteiger partial charge in [-0.25, -0.2) is 5.01 Å². The number of benzene rings is 1. The number of aromatic nitrogens is 2. The summed E-state index contributed by atoms with van der Waals surface area (Å²) in [6, 6.07) is 11.0. The highest BCUT2D eigenvalue weighted by atomic mass is 79.9. The molecule has 4 heterocycles. The van der Waals surface area contributed by atoms with Gasteiger partial charge in [0.2, 0.25) is 0 Å². The van der Waals surface area contributed by atoms with Crippen LogP contribution in [0.4, 0.5) is 0 Å². The maximum absolute atomic E-state index is 13.1. The molecule has 0 fully saturated rings. The average Bonchev–Trinajstić information content (AvgIpc) is 3.47. The molecule has 0 unspecified atom stereocenters. The van der Waals surface area contributed by atoms with E-state index in [1.807, 2.05) is 35.0 Å². The molecule has 0 saturated heterocycles. The van der Waals surface area contributed by atoms with Crippen molar-refractivity contribution in [2.45, 2.75) is 12.5 Å². The molecule has 1 aromatic carbocycles. The number of hydrazone groups is 1. The predicted molar refractivity (Wildman–Crippen MR) is 110 cm³/mol. The minimum Gasteiger partial charge on any atom is -0.444 e. The Bertz CT molecular complexity index is 1200. The smallest absolute Gasteiger partial charge is 0.310 e. The van der Waals surface area contributed by atoms with E-state index in [0.717, 1.165) is 27.9 Å². The summed E-state index contributed by atoms with van der Waals surface area (Å²) in [5.41, 5.74) is 4.48. The largest absolute Gasteiger partial charge is 0.444 e. The minimum atomic E-state index is -0.278. The Balaban J connectivity index is 1.57. The van der Waals surface area contributed by atoms with Crippen molar-refractivity contribution in [1.82, 2.24) is 15.0 Å². The molecule has 1 atom stereocenters. The zero-order valence-electron chi connectivity index (χ0n) is 14.4. The van der Waals surface area contributed by atoms with Crippen LogP contribution in [0.1, 0.15) is 34.1 Å². The first-order valence-electron chi connectivity index (χ1n) is 8.58. The summed E-state index contributed by atoms with van der Waals surface area (Å²) < 4.78 is 5.98. The molecule has 8 heteroatoms. The van der Waals surface area contributed by atoms with Crippen molar-refractivity contribution in [3.05, 3.63) is 81.1 Å². The first-order chi connectivity index (χ1) is 13.7. The molecule has 1 amide bonds.